The van der Waals surface area contributed by atoms with Gasteiger partial charge in [0.05, 0.1) is 11.4 Å². The molecule has 152 valence electrons. The number of rotatable bonds is 5. The molecule has 1 saturated heterocycles. The zero-order valence-electron chi connectivity index (χ0n) is 16.9. The summed E-state index contributed by atoms with van der Waals surface area (Å²) >= 11 is 1.53. The maximum Gasteiger partial charge on any atom is 0.259 e. The van der Waals surface area contributed by atoms with E-state index in [0.717, 1.165) is 53.9 Å². The lowest BCUT2D eigenvalue weighted by Gasteiger charge is -2.31. The Hall–Kier alpha value is -2.76. The van der Waals surface area contributed by atoms with E-state index in [1.165, 1.54) is 29.7 Å². The Balaban J connectivity index is 1.27. The molecule has 0 spiro atoms. The van der Waals surface area contributed by atoms with Gasteiger partial charge in [-0.3, -0.25) is 14.1 Å². The predicted molar refractivity (Wildman–Crippen MR) is 123 cm³/mol. The van der Waals surface area contributed by atoms with Crippen LogP contribution in [0.1, 0.15) is 24.1 Å². The second-order valence-electron chi connectivity index (χ2n) is 8.10. The number of nitrogens with zero attached hydrogens (tertiary/aromatic N) is 3. The Labute approximate surface area is 180 Å². The first kappa shape index (κ1) is 19.2. The molecule has 5 rings (SSSR count). The Morgan fingerprint density at radius 2 is 1.67 bits per heavy atom. The van der Waals surface area contributed by atoms with Crippen molar-refractivity contribution < 1.29 is 0 Å². The standard InChI is InChI=1S/C25H25N3OS/c29-24-16-22(26-25-28(24)23(18-30-25)21-9-5-2-6-10-21)17-27-13-11-20(12-14-27)15-19-7-3-1-4-8-19/h1-10,16,18,20H,11-15,17H2. The summed E-state index contributed by atoms with van der Waals surface area (Å²) in [6.45, 7) is 2.89. The van der Waals surface area contributed by atoms with Crippen molar-refractivity contribution in [3.8, 4) is 11.3 Å². The van der Waals surface area contributed by atoms with Crippen LogP contribution in [-0.2, 0) is 13.0 Å². The highest BCUT2D eigenvalue weighted by Gasteiger charge is 2.20. The number of benzene rings is 2. The number of fused-ring (bicyclic) bond motifs is 1. The minimum atomic E-state index is 0.00840. The molecule has 1 fully saturated rings. The van der Waals surface area contributed by atoms with Crippen LogP contribution in [0.25, 0.3) is 16.2 Å². The molecule has 0 saturated carbocycles. The van der Waals surface area contributed by atoms with Crippen molar-refractivity contribution in [2.45, 2.75) is 25.8 Å². The van der Waals surface area contributed by atoms with E-state index in [9.17, 15) is 4.79 Å². The summed E-state index contributed by atoms with van der Waals surface area (Å²) in [5.74, 6) is 0.746. The first-order valence-electron chi connectivity index (χ1n) is 10.6. The van der Waals surface area contributed by atoms with E-state index in [1.807, 2.05) is 35.7 Å². The monoisotopic (exact) mass is 415 g/mol. The number of hydrogen-bond donors (Lipinski definition) is 0. The summed E-state index contributed by atoms with van der Waals surface area (Å²) < 4.78 is 1.73. The summed E-state index contributed by atoms with van der Waals surface area (Å²) in [4.78, 5) is 20.9. The number of aromatic nitrogens is 2. The van der Waals surface area contributed by atoms with Gasteiger partial charge >= 0.3 is 0 Å². The third-order valence-corrected chi connectivity index (χ3v) is 6.81. The number of piperidine rings is 1. The van der Waals surface area contributed by atoms with Crippen LogP contribution in [0.2, 0.25) is 0 Å². The fourth-order valence-corrected chi connectivity index (χ4v) is 5.30. The molecule has 0 N–H and O–H groups in total. The van der Waals surface area contributed by atoms with Crippen molar-refractivity contribution in [1.29, 1.82) is 0 Å². The first-order chi connectivity index (χ1) is 14.8. The Morgan fingerprint density at radius 1 is 0.967 bits per heavy atom. The van der Waals surface area contributed by atoms with Gasteiger partial charge in [0.1, 0.15) is 0 Å². The molecule has 1 aliphatic rings. The SMILES string of the molecule is O=c1cc(CN2CCC(Cc3ccccc3)CC2)nc2scc(-c3ccccc3)n12. The summed E-state index contributed by atoms with van der Waals surface area (Å²) in [5, 5.41) is 2.03. The fourth-order valence-electron chi connectivity index (χ4n) is 4.38. The Morgan fingerprint density at radius 3 is 2.40 bits per heavy atom. The van der Waals surface area contributed by atoms with Crippen LogP contribution in [0.4, 0.5) is 0 Å². The maximum absolute atomic E-state index is 12.9. The number of thiazole rings is 1. The lowest BCUT2D eigenvalue weighted by Crippen LogP contribution is -2.34. The van der Waals surface area contributed by atoms with Crippen LogP contribution in [0.3, 0.4) is 0 Å². The molecule has 0 aliphatic carbocycles. The van der Waals surface area contributed by atoms with Crippen LogP contribution < -0.4 is 5.56 Å². The third kappa shape index (κ3) is 4.09. The van der Waals surface area contributed by atoms with E-state index in [2.05, 4.69) is 35.2 Å². The highest BCUT2D eigenvalue weighted by Crippen LogP contribution is 2.25. The summed E-state index contributed by atoms with van der Waals surface area (Å²) in [6, 6.07) is 22.5. The normalized spacial score (nSPS) is 15.6. The second-order valence-corrected chi connectivity index (χ2v) is 8.94. The molecule has 2 aromatic heterocycles. The average molecular weight is 416 g/mol. The molecular formula is C25H25N3OS. The van der Waals surface area contributed by atoms with E-state index in [1.54, 1.807) is 10.5 Å². The molecule has 4 nitrogen and oxygen atoms in total. The van der Waals surface area contributed by atoms with Gasteiger partial charge in [-0.05, 0) is 49.4 Å². The van der Waals surface area contributed by atoms with E-state index < -0.39 is 0 Å². The van der Waals surface area contributed by atoms with Crippen molar-refractivity contribution in [2.24, 2.45) is 5.92 Å². The van der Waals surface area contributed by atoms with Crippen LogP contribution in [-0.4, -0.2) is 27.4 Å². The second kappa shape index (κ2) is 8.54. The molecule has 0 amide bonds. The van der Waals surface area contributed by atoms with Crippen LogP contribution in [0.5, 0.6) is 0 Å². The molecule has 5 heteroatoms. The van der Waals surface area contributed by atoms with Crippen molar-refractivity contribution in [3.05, 3.63) is 93.7 Å². The van der Waals surface area contributed by atoms with Crippen LogP contribution in [0.15, 0.2) is 76.9 Å². The Bertz CT molecular complexity index is 1180. The number of likely N-dealkylation sites (tertiary alicyclic amines) is 1. The highest BCUT2D eigenvalue weighted by molar-refractivity contribution is 7.15. The van der Waals surface area contributed by atoms with E-state index in [-0.39, 0.29) is 5.56 Å². The van der Waals surface area contributed by atoms with Gasteiger partial charge in [0.15, 0.2) is 4.96 Å². The smallest absolute Gasteiger partial charge is 0.259 e. The van der Waals surface area contributed by atoms with E-state index >= 15 is 0 Å². The summed E-state index contributed by atoms with van der Waals surface area (Å²) in [7, 11) is 0. The van der Waals surface area contributed by atoms with Crippen molar-refractivity contribution in [3.63, 3.8) is 0 Å². The van der Waals surface area contributed by atoms with Gasteiger partial charge in [-0.15, -0.1) is 11.3 Å². The molecular weight excluding hydrogens is 390 g/mol. The van der Waals surface area contributed by atoms with Crippen LogP contribution in [0, 0.1) is 5.92 Å². The van der Waals surface area contributed by atoms with Gasteiger partial charge in [0.2, 0.25) is 0 Å². The van der Waals surface area contributed by atoms with Crippen molar-refractivity contribution in [1.82, 2.24) is 14.3 Å². The van der Waals surface area contributed by atoms with E-state index in [4.69, 9.17) is 4.98 Å². The quantitative estimate of drug-likeness (QED) is 0.466. The lowest BCUT2D eigenvalue weighted by molar-refractivity contribution is 0.175. The molecule has 30 heavy (non-hydrogen) atoms. The van der Waals surface area contributed by atoms with Crippen molar-refractivity contribution in [2.75, 3.05) is 13.1 Å². The molecule has 2 aromatic carbocycles. The average Bonchev–Trinajstić information content (AvgIpc) is 3.21. The molecule has 0 bridgehead atoms. The minimum Gasteiger partial charge on any atom is -0.297 e. The largest absolute Gasteiger partial charge is 0.297 e. The first-order valence-corrected chi connectivity index (χ1v) is 11.5. The van der Waals surface area contributed by atoms with Crippen LogP contribution >= 0.6 is 11.3 Å². The Kier molecular flexibility index (Phi) is 5.47. The molecule has 1 aliphatic heterocycles. The zero-order chi connectivity index (χ0) is 20.3. The maximum atomic E-state index is 12.9. The summed E-state index contributed by atoms with van der Waals surface area (Å²) in [5.41, 5.74) is 4.28. The summed E-state index contributed by atoms with van der Waals surface area (Å²) in [6.07, 6.45) is 3.57. The van der Waals surface area contributed by atoms with E-state index in [0.29, 0.717) is 0 Å². The highest BCUT2D eigenvalue weighted by atomic mass is 32.1. The zero-order valence-corrected chi connectivity index (χ0v) is 17.7. The number of hydrogen-bond acceptors (Lipinski definition) is 4. The van der Waals surface area contributed by atoms with Gasteiger partial charge in [-0.2, -0.15) is 0 Å². The topological polar surface area (TPSA) is 37.6 Å². The molecule has 0 atom stereocenters. The molecule has 3 heterocycles. The molecule has 0 radical (unpaired) electrons. The van der Waals surface area contributed by atoms with Crippen molar-refractivity contribution >= 4 is 16.3 Å². The predicted octanol–water partition coefficient (Wildman–Crippen LogP) is 4.88. The van der Waals surface area contributed by atoms with Gasteiger partial charge in [0, 0.05) is 18.0 Å². The fraction of sp³-hybridized carbons (Fsp3) is 0.280. The van der Waals surface area contributed by atoms with Gasteiger partial charge < -0.3 is 0 Å². The molecule has 0 unspecified atom stereocenters. The molecule has 4 aromatic rings. The van der Waals surface area contributed by atoms with Gasteiger partial charge in [-0.25, -0.2) is 4.98 Å². The van der Waals surface area contributed by atoms with Gasteiger partial charge in [0.25, 0.3) is 5.56 Å². The minimum absolute atomic E-state index is 0.00840. The van der Waals surface area contributed by atoms with Gasteiger partial charge in [-0.1, -0.05) is 60.7 Å². The lowest BCUT2D eigenvalue weighted by atomic mass is 9.90. The third-order valence-electron chi connectivity index (χ3n) is 5.99.